The molecule has 3 fully saturated rings. The van der Waals surface area contributed by atoms with Crippen LogP contribution in [0.5, 0.6) is 0 Å². The highest BCUT2D eigenvalue weighted by Gasteiger charge is 2.83. The van der Waals surface area contributed by atoms with Gasteiger partial charge in [0.15, 0.2) is 6.10 Å². The highest BCUT2D eigenvalue weighted by Crippen LogP contribution is 2.72. The van der Waals surface area contributed by atoms with Crippen LogP contribution in [0.2, 0.25) is 0 Å². The lowest BCUT2D eigenvalue weighted by molar-refractivity contribution is -0.234. The van der Waals surface area contributed by atoms with E-state index in [1.165, 1.54) is 11.6 Å². The lowest BCUT2D eigenvalue weighted by atomic mass is 9.51. The molecule has 10 atom stereocenters. The van der Waals surface area contributed by atoms with Gasteiger partial charge in [-0.25, -0.2) is 9.59 Å². The van der Waals surface area contributed by atoms with Gasteiger partial charge in [-0.05, 0) is 39.0 Å². The van der Waals surface area contributed by atoms with E-state index in [2.05, 4.69) is 19.9 Å². The second kappa shape index (κ2) is 10.2. The standard InChI is InChI=1S/C29H40O9/c1-17-9-11-28-15-35-26(33)25(32)18(2)10-12-34-20(19(3)30)7-5-6-8-24(31)38-21-14-23(37-22(28)13-17)29(16-36-29)27(21,28)4/h5-8,13,18-23,25,30,32H,9-12,14-16H2,1-4H3/b7-5-,8-6-/t18-,19?,20?,21-,22-,23?,25+,27?,28-,29-/m1/s1. The summed E-state index contributed by atoms with van der Waals surface area (Å²) < 4.78 is 30.4. The van der Waals surface area contributed by atoms with Crippen molar-refractivity contribution in [1.82, 2.24) is 0 Å². The van der Waals surface area contributed by atoms with Crippen molar-refractivity contribution < 1.29 is 43.5 Å². The fourth-order valence-electron chi connectivity index (χ4n) is 7.04. The number of carbonyl (C=O) groups excluding carboxylic acids is 2. The molecular weight excluding hydrogens is 492 g/mol. The van der Waals surface area contributed by atoms with Crippen LogP contribution in [0, 0.1) is 16.7 Å². The maximum atomic E-state index is 13.1. The highest BCUT2D eigenvalue weighted by atomic mass is 16.6. The SMILES string of the molecule is CC1=C[C@H]2OC3C[C@H]4OC(=O)/C=C\C=C/C(C(C)O)OCC[C@@H](C)[C@H](O)C(=O)OC[C@@]2(CC1)C4(C)[C@@]31CO1. The van der Waals surface area contributed by atoms with Crippen LogP contribution in [0.1, 0.15) is 53.4 Å². The number of hydrogen-bond acceptors (Lipinski definition) is 9. The fraction of sp³-hybridized carbons (Fsp3) is 0.724. The zero-order valence-corrected chi connectivity index (χ0v) is 22.6. The first-order chi connectivity index (χ1) is 18.0. The minimum absolute atomic E-state index is 0.0195. The predicted octanol–water partition coefficient (Wildman–Crippen LogP) is 2.39. The number of esters is 2. The first-order valence-electron chi connectivity index (χ1n) is 13.7. The molecule has 0 aromatic carbocycles. The summed E-state index contributed by atoms with van der Waals surface area (Å²) in [5, 5.41) is 20.8. The van der Waals surface area contributed by atoms with E-state index in [0.717, 1.165) is 6.42 Å². The first-order valence-corrected chi connectivity index (χ1v) is 13.7. The van der Waals surface area contributed by atoms with Gasteiger partial charge in [0.2, 0.25) is 0 Å². The Bertz CT molecular complexity index is 1030. The Morgan fingerprint density at radius 3 is 2.63 bits per heavy atom. The molecule has 2 bridgehead atoms. The second-order valence-electron chi connectivity index (χ2n) is 11.9. The van der Waals surface area contributed by atoms with Gasteiger partial charge in [0.05, 0.1) is 30.3 Å². The maximum Gasteiger partial charge on any atom is 0.335 e. The van der Waals surface area contributed by atoms with E-state index in [4.69, 9.17) is 23.7 Å². The Labute approximate surface area is 223 Å². The molecular formula is C29H40O9. The van der Waals surface area contributed by atoms with Crippen molar-refractivity contribution in [2.45, 2.75) is 95.6 Å². The molecule has 2 aliphatic carbocycles. The smallest absolute Gasteiger partial charge is 0.335 e. The number of aliphatic hydroxyl groups excluding tert-OH is 2. The van der Waals surface area contributed by atoms with Gasteiger partial charge in [-0.3, -0.25) is 0 Å². The van der Waals surface area contributed by atoms with Crippen molar-refractivity contribution >= 4 is 11.9 Å². The summed E-state index contributed by atoms with van der Waals surface area (Å²) in [4.78, 5) is 26.0. The van der Waals surface area contributed by atoms with Crippen molar-refractivity contribution in [3.05, 3.63) is 36.0 Å². The molecule has 2 saturated heterocycles. The largest absolute Gasteiger partial charge is 0.463 e. The number of epoxide rings is 1. The molecule has 38 heavy (non-hydrogen) atoms. The Morgan fingerprint density at radius 2 is 1.92 bits per heavy atom. The summed E-state index contributed by atoms with van der Waals surface area (Å²) in [6, 6.07) is 0. The Balaban J connectivity index is 1.51. The van der Waals surface area contributed by atoms with Gasteiger partial charge in [-0.15, -0.1) is 0 Å². The molecule has 5 rings (SSSR count). The molecule has 0 amide bonds. The molecule has 0 aromatic heterocycles. The number of hydrogen-bond donors (Lipinski definition) is 2. The quantitative estimate of drug-likeness (QED) is 0.298. The highest BCUT2D eigenvalue weighted by molar-refractivity contribution is 5.82. The van der Waals surface area contributed by atoms with Gasteiger partial charge in [-0.1, -0.05) is 43.7 Å². The van der Waals surface area contributed by atoms with Crippen LogP contribution in [0.3, 0.4) is 0 Å². The minimum Gasteiger partial charge on any atom is -0.463 e. The summed E-state index contributed by atoms with van der Waals surface area (Å²) in [5.74, 6) is -1.60. The number of aliphatic hydroxyl groups is 2. The third-order valence-electron chi connectivity index (χ3n) is 9.73. The van der Waals surface area contributed by atoms with E-state index in [9.17, 15) is 19.8 Å². The van der Waals surface area contributed by atoms with E-state index in [1.54, 1.807) is 32.1 Å². The summed E-state index contributed by atoms with van der Waals surface area (Å²) >= 11 is 0. The van der Waals surface area contributed by atoms with Crippen molar-refractivity contribution in [3.63, 3.8) is 0 Å². The first kappa shape index (κ1) is 27.5. The zero-order valence-electron chi connectivity index (χ0n) is 22.6. The van der Waals surface area contributed by atoms with Crippen LogP contribution in [-0.2, 0) is 33.3 Å². The van der Waals surface area contributed by atoms with Crippen LogP contribution >= 0.6 is 0 Å². The third-order valence-corrected chi connectivity index (χ3v) is 9.73. The minimum atomic E-state index is -1.33. The lowest BCUT2D eigenvalue weighted by Gasteiger charge is -2.58. The van der Waals surface area contributed by atoms with E-state index in [0.29, 0.717) is 25.9 Å². The Kier molecular flexibility index (Phi) is 7.37. The Morgan fingerprint density at radius 1 is 1.16 bits per heavy atom. The lowest BCUT2D eigenvalue weighted by Crippen LogP contribution is -2.66. The molecule has 3 heterocycles. The molecule has 3 aliphatic heterocycles. The summed E-state index contributed by atoms with van der Waals surface area (Å²) in [6.45, 7) is 8.27. The van der Waals surface area contributed by atoms with Gasteiger partial charge in [-0.2, -0.15) is 0 Å². The molecule has 210 valence electrons. The number of cyclic esters (lactones) is 1. The number of ether oxygens (including phenoxy) is 5. The van der Waals surface area contributed by atoms with Crippen molar-refractivity contribution in [3.8, 4) is 0 Å². The van der Waals surface area contributed by atoms with E-state index < -0.39 is 58.7 Å². The molecule has 9 nitrogen and oxygen atoms in total. The average Bonchev–Trinajstić information content (AvgIpc) is 3.65. The maximum absolute atomic E-state index is 13.1. The predicted molar refractivity (Wildman–Crippen MR) is 136 cm³/mol. The van der Waals surface area contributed by atoms with Crippen LogP contribution < -0.4 is 0 Å². The third kappa shape index (κ3) is 4.36. The van der Waals surface area contributed by atoms with Gasteiger partial charge >= 0.3 is 11.9 Å². The summed E-state index contributed by atoms with van der Waals surface area (Å²) in [5.41, 5.74) is -0.771. The molecule has 0 aromatic rings. The molecule has 0 radical (unpaired) electrons. The second-order valence-corrected chi connectivity index (χ2v) is 11.9. The van der Waals surface area contributed by atoms with Crippen LogP contribution in [-0.4, -0.2) is 84.2 Å². The molecule has 1 saturated carbocycles. The number of allylic oxidation sites excluding steroid dienone is 3. The molecule has 4 unspecified atom stereocenters. The monoisotopic (exact) mass is 532 g/mol. The number of rotatable bonds is 1. The van der Waals surface area contributed by atoms with Crippen LogP contribution in [0.15, 0.2) is 36.0 Å². The Hall–Kier alpha value is -2.04. The number of carbonyl (C=O) groups is 2. The normalized spacial score (nSPS) is 48.0. The van der Waals surface area contributed by atoms with E-state index in [-0.39, 0.29) is 25.4 Å². The van der Waals surface area contributed by atoms with Gasteiger partial charge in [0.1, 0.15) is 24.4 Å². The summed E-state index contributed by atoms with van der Waals surface area (Å²) in [7, 11) is 0. The molecule has 2 N–H and O–H groups in total. The molecule has 2 spiro atoms. The van der Waals surface area contributed by atoms with Crippen LogP contribution in [0.4, 0.5) is 0 Å². The topological polar surface area (TPSA) is 124 Å². The van der Waals surface area contributed by atoms with E-state index >= 15 is 0 Å². The summed E-state index contributed by atoms with van der Waals surface area (Å²) in [6.07, 6.45) is 6.89. The van der Waals surface area contributed by atoms with Gasteiger partial charge in [0.25, 0.3) is 0 Å². The van der Waals surface area contributed by atoms with Gasteiger partial charge in [0, 0.05) is 24.5 Å². The molecule has 9 heteroatoms. The van der Waals surface area contributed by atoms with Gasteiger partial charge < -0.3 is 33.9 Å². The van der Waals surface area contributed by atoms with Crippen molar-refractivity contribution in [2.75, 3.05) is 19.8 Å². The fourth-order valence-corrected chi connectivity index (χ4v) is 7.04. The van der Waals surface area contributed by atoms with Crippen molar-refractivity contribution in [1.29, 1.82) is 0 Å². The van der Waals surface area contributed by atoms with Crippen molar-refractivity contribution in [2.24, 2.45) is 16.7 Å². The molecule has 5 aliphatic rings. The van der Waals surface area contributed by atoms with Crippen LogP contribution in [0.25, 0.3) is 0 Å². The van der Waals surface area contributed by atoms with E-state index in [1.807, 2.05) is 0 Å². The zero-order chi connectivity index (χ0) is 27.3. The average molecular weight is 533 g/mol.